The number of hydrogen-bond donors (Lipinski definition) is 2. The fourth-order valence-electron chi connectivity index (χ4n) is 3.20. The standard InChI is InChI=1S/C16H14N6O2/c23-16-19-13-7-17-14(9-1-2-10-6-18-21-12(10)5-9)20-15(13)22(16)11-3-4-24-8-11/h1-2,5-7,11H,3-4,8H2,(H,18,21)(H,19,23). The minimum Gasteiger partial charge on any atom is -0.379 e. The maximum atomic E-state index is 12.3. The van der Waals surface area contributed by atoms with Gasteiger partial charge in [-0.2, -0.15) is 5.10 Å². The highest BCUT2D eigenvalue weighted by Crippen LogP contribution is 2.24. The second-order valence-corrected chi connectivity index (χ2v) is 5.92. The van der Waals surface area contributed by atoms with Crippen LogP contribution in [0.25, 0.3) is 33.5 Å². The van der Waals surface area contributed by atoms with Gasteiger partial charge < -0.3 is 9.72 Å². The molecule has 0 amide bonds. The van der Waals surface area contributed by atoms with Crippen LogP contribution >= 0.6 is 0 Å². The SMILES string of the molecule is O=c1[nH]c2cnc(-c3ccc4cn[nH]c4c3)nc2n1C1CCOC1. The molecular weight excluding hydrogens is 308 g/mol. The summed E-state index contributed by atoms with van der Waals surface area (Å²) in [4.78, 5) is 24.1. The molecule has 0 spiro atoms. The van der Waals surface area contributed by atoms with Crippen LogP contribution in [0.15, 0.2) is 35.4 Å². The Morgan fingerprint density at radius 2 is 2.21 bits per heavy atom. The van der Waals surface area contributed by atoms with Gasteiger partial charge in [0.25, 0.3) is 0 Å². The quantitative estimate of drug-likeness (QED) is 0.584. The molecule has 0 aliphatic carbocycles. The van der Waals surface area contributed by atoms with Crippen molar-refractivity contribution in [3.8, 4) is 11.4 Å². The Labute approximate surface area is 135 Å². The highest BCUT2D eigenvalue weighted by molar-refractivity contribution is 5.83. The van der Waals surface area contributed by atoms with Crippen LogP contribution in [0.4, 0.5) is 0 Å². The minimum absolute atomic E-state index is 0.0177. The molecule has 2 N–H and O–H groups in total. The third-order valence-corrected chi connectivity index (χ3v) is 4.43. The zero-order valence-corrected chi connectivity index (χ0v) is 12.7. The van der Waals surface area contributed by atoms with E-state index in [0.29, 0.717) is 30.2 Å². The predicted octanol–water partition coefficient (Wildman–Crippen LogP) is 1.62. The van der Waals surface area contributed by atoms with Gasteiger partial charge in [0.1, 0.15) is 5.52 Å². The number of rotatable bonds is 2. The molecular formula is C16H14N6O2. The molecule has 120 valence electrons. The second kappa shape index (κ2) is 5.00. The number of nitrogens with zero attached hydrogens (tertiary/aromatic N) is 4. The zero-order valence-electron chi connectivity index (χ0n) is 12.7. The molecule has 8 nitrogen and oxygen atoms in total. The third kappa shape index (κ3) is 1.96. The largest absolute Gasteiger partial charge is 0.379 e. The molecule has 1 unspecified atom stereocenters. The van der Waals surface area contributed by atoms with Crippen molar-refractivity contribution in [2.24, 2.45) is 0 Å². The lowest BCUT2D eigenvalue weighted by Crippen LogP contribution is -2.22. The van der Waals surface area contributed by atoms with E-state index in [9.17, 15) is 4.79 Å². The molecule has 1 aliphatic rings. The van der Waals surface area contributed by atoms with Gasteiger partial charge in [-0.1, -0.05) is 12.1 Å². The van der Waals surface area contributed by atoms with E-state index < -0.39 is 0 Å². The van der Waals surface area contributed by atoms with Crippen molar-refractivity contribution >= 4 is 22.1 Å². The smallest absolute Gasteiger partial charge is 0.328 e. The number of aromatic amines is 2. The fourth-order valence-corrected chi connectivity index (χ4v) is 3.20. The van der Waals surface area contributed by atoms with Crippen LogP contribution in [0.2, 0.25) is 0 Å². The highest BCUT2D eigenvalue weighted by atomic mass is 16.5. The van der Waals surface area contributed by atoms with Crippen molar-refractivity contribution in [3.63, 3.8) is 0 Å². The molecule has 0 radical (unpaired) electrons. The Morgan fingerprint density at radius 3 is 3.08 bits per heavy atom. The summed E-state index contributed by atoms with van der Waals surface area (Å²) in [6.45, 7) is 1.20. The third-order valence-electron chi connectivity index (χ3n) is 4.43. The van der Waals surface area contributed by atoms with Gasteiger partial charge in [0.2, 0.25) is 0 Å². The van der Waals surface area contributed by atoms with E-state index in [-0.39, 0.29) is 11.7 Å². The van der Waals surface area contributed by atoms with Crippen molar-refractivity contribution < 1.29 is 4.74 Å². The van der Waals surface area contributed by atoms with E-state index in [0.717, 1.165) is 22.9 Å². The number of H-pyrrole nitrogens is 2. The molecule has 1 saturated heterocycles. The van der Waals surface area contributed by atoms with Gasteiger partial charge in [0, 0.05) is 17.6 Å². The Hall–Kier alpha value is -3.00. The lowest BCUT2D eigenvalue weighted by atomic mass is 10.1. The van der Waals surface area contributed by atoms with E-state index in [2.05, 4.69) is 25.1 Å². The summed E-state index contributed by atoms with van der Waals surface area (Å²) in [6, 6.07) is 5.89. The number of fused-ring (bicyclic) bond motifs is 2. The lowest BCUT2D eigenvalue weighted by Gasteiger charge is -2.09. The van der Waals surface area contributed by atoms with Crippen molar-refractivity contribution in [2.45, 2.75) is 12.5 Å². The number of hydrogen-bond acceptors (Lipinski definition) is 5. The monoisotopic (exact) mass is 322 g/mol. The summed E-state index contributed by atoms with van der Waals surface area (Å²) >= 11 is 0. The minimum atomic E-state index is -0.170. The molecule has 8 heteroatoms. The van der Waals surface area contributed by atoms with E-state index in [1.807, 2.05) is 18.2 Å². The predicted molar refractivity (Wildman–Crippen MR) is 87.7 cm³/mol. The lowest BCUT2D eigenvalue weighted by molar-refractivity contribution is 0.186. The van der Waals surface area contributed by atoms with Crippen molar-refractivity contribution in [2.75, 3.05) is 13.2 Å². The Kier molecular flexibility index (Phi) is 2.80. The zero-order chi connectivity index (χ0) is 16.1. The molecule has 4 aromatic rings. The summed E-state index contributed by atoms with van der Waals surface area (Å²) in [6.07, 6.45) is 4.24. The number of benzene rings is 1. The Balaban J connectivity index is 1.69. The van der Waals surface area contributed by atoms with E-state index in [1.54, 1.807) is 17.0 Å². The molecule has 24 heavy (non-hydrogen) atoms. The van der Waals surface area contributed by atoms with Crippen LogP contribution in [-0.4, -0.2) is 42.9 Å². The average Bonchev–Trinajstić information content (AvgIpc) is 3.32. The van der Waals surface area contributed by atoms with Crippen LogP contribution < -0.4 is 5.69 Å². The number of ether oxygens (including phenoxy) is 1. The Morgan fingerprint density at radius 1 is 1.25 bits per heavy atom. The maximum absolute atomic E-state index is 12.3. The van der Waals surface area contributed by atoms with Gasteiger partial charge in [-0.3, -0.25) is 9.67 Å². The first-order valence-corrected chi connectivity index (χ1v) is 7.78. The van der Waals surface area contributed by atoms with E-state index >= 15 is 0 Å². The number of aromatic nitrogens is 6. The number of nitrogens with one attached hydrogen (secondary N) is 2. The topological polar surface area (TPSA) is 101 Å². The van der Waals surface area contributed by atoms with Crippen LogP contribution in [-0.2, 0) is 4.74 Å². The molecule has 3 aromatic heterocycles. The summed E-state index contributed by atoms with van der Waals surface area (Å²) in [7, 11) is 0. The van der Waals surface area contributed by atoms with Gasteiger partial charge >= 0.3 is 5.69 Å². The fraction of sp³-hybridized carbons (Fsp3) is 0.250. The highest BCUT2D eigenvalue weighted by Gasteiger charge is 2.23. The average molecular weight is 322 g/mol. The molecule has 1 aromatic carbocycles. The summed E-state index contributed by atoms with van der Waals surface area (Å²) in [5.41, 5.74) is 2.88. The molecule has 0 bridgehead atoms. The molecule has 0 saturated carbocycles. The summed E-state index contributed by atoms with van der Waals surface area (Å²) in [5.74, 6) is 0.575. The number of imidazole rings is 1. The van der Waals surface area contributed by atoms with Crippen molar-refractivity contribution in [3.05, 3.63) is 41.1 Å². The molecule has 4 heterocycles. The van der Waals surface area contributed by atoms with Crippen LogP contribution in [0.5, 0.6) is 0 Å². The first-order chi connectivity index (χ1) is 11.8. The summed E-state index contributed by atoms with van der Waals surface area (Å²) in [5, 5.41) is 8.00. The first-order valence-electron chi connectivity index (χ1n) is 7.78. The Bertz CT molecular complexity index is 1100. The van der Waals surface area contributed by atoms with Crippen LogP contribution in [0.3, 0.4) is 0 Å². The van der Waals surface area contributed by atoms with E-state index in [1.165, 1.54) is 0 Å². The maximum Gasteiger partial charge on any atom is 0.328 e. The van der Waals surface area contributed by atoms with Crippen LogP contribution in [0.1, 0.15) is 12.5 Å². The van der Waals surface area contributed by atoms with Gasteiger partial charge in [-0.15, -0.1) is 0 Å². The van der Waals surface area contributed by atoms with Gasteiger partial charge in [0.05, 0.1) is 30.6 Å². The first kappa shape index (κ1) is 13.4. The van der Waals surface area contributed by atoms with Crippen molar-refractivity contribution in [1.29, 1.82) is 0 Å². The molecule has 1 aliphatic heterocycles. The molecule has 1 atom stereocenters. The van der Waals surface area contributed by atoms with Gasteiger partial charge in [-0.25, -0.2) is 14.8 Å². The molecule has 5 rings (SSSR count). The van der Waals surface area contributed by atoms with Gasteiger partial charge in [-0.05, 0) is 12.5 Å². The van der Waals surface area contributed by atoms with E-state index in [4.69, 9.17) is 4.74 Å². The normalized spacial score (nSPS) is 17.9. The molecule has 1 fully saturated rings. The second-order valence-electron chi connectivity index (χ2n) is 5.92. The van der Waals surface area contributed by atoms with Gasteiger partial charge in [0.15, 0.2) is 11.5 Å². The summed E-state index contributed by atoms with van der Waals surface area (Å²) < 4.78 is 7.09. The van der Waals surface area contributed by atoms with Crippen LogP contribution in [0, 0.1) is 0 Å². The van der Waals surface area contributed by atoms with Crippen molar-refractivity contribution in [1.82, 2.24) is 29.7 Å².